The summed E-state index contributed by atoms with van der Waals surface area (Å²) in [6.07, 6.45) is 1.58. The van der Waals surface area contributed by atoms with Crippen molar-refractivity contribution in [2.75, 3.05) is 36.0 Å². The molecule has 36 heavy (non-hydrogen) atoms. The van der Waals surface area contributed by atoms with Crippen LogP contribution in [0.4, 0.5) is 15.9 Å². The molecule has 0 spiro atoms. The molecule has 0 N–H and O–H groups in total. The van der Waals surface area contributed by atoms with Crippen LogP contribution in [-0.4, -0.2) is 45.7 Å². The number of hydrogen-bond donors (Lipinski definition) is 0. The third-order valence-electron chi connectivity index (χ3n) is 6.40. The van der Waals surface area contributed by atoms with E-state index in [4.69, 9.17) is 28.2 Å². The summed E-state index contributed by atoms with van der Waals surface area (Å²) in [5.74, 6) is 1.23. The average molecular weight is 519 g/mol. The number of anilines is 2. The molecule has 1 aliphatic heterocycles. The molecule has 5 aromatic rings. The van der Waals surface area contributed by atoms with Crippen LogP contribution in [-0.2, 0) is 0 Å². The first-order chi connectivity index (χ1) is 17.6. The van der Waals surface area contributed by atoms with Gasteiger partial charge in [-0.1, -0.05) is 35.3 Å². The summed E-state index contributed by atoms with van der Waals surface area (Å²) in [4.78, 5) is 18.8. The molecule has 6 nitrogen and oxygen atoms in total. The molecule has 6 rings (SSSR count). The van der Waals surface area contributed by atoms with Crippen molar-refractivity contribution in [3.63, 3.8) is 0 Å². The van der Waals surface area contributed by atoms with Crippen molar-refractivity contribution in [3.8, 4) is 17.1 Å². The van der Waals surface area contributed by atoms with Crippen LogP contribution in [0.2, 0.25) is 10.0 Å². The van der Waals surface area contributed by atoms with E-state index in [9.17, 15) is 4.39 Å². The number of rotatable bonds is 4. The number of fused-ring (bicyclic) bond motifs is 1. The zero-order chi connectivity index (χ0) is 24.6. The lowest BCUT2D eigenvalue weighted by Crippen LogP contribution is -2.47. The van der Waals surface area contributed by atoms with E-state index >= 15 is 0 Å². The van der Waals surface area contributed by atoms with Gasteiger partial charge in [-0.2, -0.15) is 0 Å². The molecule has 2 aromatic heterocycles. The Morgan fingerprint density at radius 3 is 2.11 bits per heavy atom. The van der Waals surface area contributed by atoms with Crippen molar-refractivity contribution in [3.05, 3.63) is 95.0 Å². The van der Waals surface area contributed by atoms with Gasteiger partial charge in [0.2, 0.25) is 0 Å². The molecule has 0 radical (unpaired) electrons. The van der Waals surface area contributed by atoms with E-state index in [0.717, 1.165) is 48.9 Å². The van der Waals surface area contributed by atoms with Gasteiger partial charge in [0.05, 0.1) is 5.02 Å². The van der Waals surface area contributed by atoms with Gasteiger partial charge in [0.1, 0.15) is 18.0 Å². The molecule has 1 aliphatic rings. The Morgan fingerprint density at radius 1 is 0.722 bits per heavy atom. The maximum atomic E-state index is 13.3. The molecular formula is C27H21Cl2FN6. The summed E-state index contributed by atoms with van der Waals surface area (Å²) in [5.41, 5.74) is 4.09. The Labute approximate surface area is 217 Å². The second kappa shape index (κ2) is 9.41. The van der Waals surface area contributed by atoms with Crippen molar-refractivity contribution in [1.29, 1.82) is 0 Å². The minimum atomic E-state index is -0.230. The number of halogens is 3. The standard InChI is InChI=1S/C27H21Cl2FN6/c28-18-5-9-21(10-6-18)36-25(22-3-1-2-4-23(22)29)33-24-26(31-17-32-27(24)36)35-15-13-34(14-16-35)20-11-7-19(30)8-12-20/h1-12,17H,13-16H2. The first kappa shape index (κ1) is 22.8. The number of imidazole rings is 1. The van der Waals surface area contributed by atoms with Crippen LogP contribution < -0.4 is 9.80 Å². The summed E-state index contributed by atoms with van der Waals surface area (Å²) in [5, 5.41) is 1.25. The lowest BCUT2D eigenvalue weighted by molar-refractivity contribution is 0.624. The van der Waals surface area contributed by atoms with Crippen molar-refractivity contribution in [1.82, 2.24) is 19.5 Å². The normalized spacial score (nSPS) is 14.0. The Balaban J connectivity index is 1.42. The van der Waals surface area contributed by atoms with Gasteiger partial charge in [0.15, 0.2) is 17.0 Å². The van der Waals surface area contributed by atoms with E-state index in [1.165, 1.54) is 12.1 Å². The van der Waals surface area contributed by atoms with Gasteiger partial charge in [0.25, 0.3) is 0 Å². The minimum Gasteiger partial charge on any atom is -0.368 e. The van der Waals surface area contributed by atoms with Crippen LogP contribution in [0.1, 0.15) is 0 Å². The molecule has 180 valence electrons. The molecule has 0 amide bonds. The molecule has 0 atom stereocenters. The maximum Gasteiger partial charge on any atom is 0.170 e. The predicted octanol–water partition coefficient (Wildman–Crippen LogP) is 6.26. The number of nitrogens with zero attached hydrogens (tertiary/aromatic N) is 6. The van der Waals surface area contributed by atoms with Crippen LogP contribution in [0.5, 0.6) is 0 Å². The Hall–Kier alpha value is -3.68. The second-order valence-corrected chi connectivity index (χ2v) is 9.39. The minimum absolute atomic E-state index is 0.230. The van der Waals surface area contributed by atoms with Crippen LogP contribution in [0.15, 0.2) is 79.1 Å². The van der Waals surface area contributed by atoms with Crippen LogP contribution in [0, 0.1) is 5.82 Å². The van der Waals surface area contributed by atoms with Gasteiger partial charge in [-0.3, -0.25) is 4.57 Å². The van der Waals surface area contributed by atoms with Gasteiger partial charge < -0.3 is 9.80 Å². The van der Waals surface area contributed by atoms with Crippen LogP contribution in [0.3, 0.4) is 0 Å². The first-order valence-electron chi connectivity index (χ1n) is 11.6. The van der Waals surface area contributed by atoms with Crippen molar-refractivity contribution < 1.29 is 4.39 Å². The Bertz CT molecular complexity index is 1530. The fourth-order valence-corrected chi connectivity index (χ4v) is 4.94. The van der Waals surface area contributed by atoms with E-state index in [1.54, 1.807) is 6.33 Å². The Kier molecular flexibility index (Phi) is 5.95. The van der Waals surface area contributed by atoms with Crippen LogP contribution in [0.25, 0.3) is 28.2 Å². The molecule has 0 saturated carbocycles. The van der Waals surface area contributed by atoms with Gasteiger partial charge in [0, 0.05) is 48.1 Å². The maximum absolute atomic E-state index is 13.3. The highest BCUT2D eigenvalue weighted by Gasteiger charge is 2.25. The monoisotopic (exact) mass is 518 g/mol. The van der Waals surface area contributed by atoms with Gasteiger partial charge in [-0.25, -0.2) is 19.3 Å². The number of benzene rings is 3. The fourth-order valence-electron chi connectivity index (χ4n) is 4.60. The van der Waals surface area contributed by atoms with E-state index in [-0.39, 0.29) is 5.82 Å². The molecule has 3 aromatic carbocycles. The highest BCUT2D eigenvalue weighted by Crippen LogP contribution is 2.35. The molecule has 9 heteroatoms. The molecule has 3 heterocycles. The topological polar surface area (TPSA) is 50.1 Å². The summed E-state index contributed by atoms with van der Waals surface area (Å²) in [6.45, 7) is 3.07. The predicted molar refractivity (Wildman–Crippen MR) is 143 cm³/mol. The summed E-state index contributed by atoms with van der Waals surface area (Å²) < 4.78 is 15.3. The molecule has 0 aliphatic carbocycles. The quantitative estimate of drug-likeness (QED) is 0.281. The van der Waals surface area contributed by atoms with Gasteiger partial charge in [-0.15, -0.1) is 0 Å². The summed E-state index contributed by atoms with van der Waals surface area (Å²) in [6, 6.07) is 21.8. The fraction of sp³-hybridized carbons (Fsp3) is 0.148. The van der Waals surface area contributed by atoms with E-state index in [2.05, 4.69) is 19.8 Å². The van der Waals surface area contributed by atoms with E-state index < -0.39 is 0 Å². The van der Waals surface area contributed by atoms with Crippen molar-refractivity contribution >= 4 is 45.9 Å². The van der Waals surface area contributed by atoms with Crippen molar-refractivity contribution in [2.24, 2.45) is 0 Å². The lowest BCUT2D eigenvalue weighted by atomic mass is 10.2. The first-order valence-corrected chi connectivity index (χ1v) is 12.3. The average Bonchev–Trinajstić information content (AvgIpc) is 3.29. The third-order valence-corrected chi connectivity index (χ3v) is 6.98. The second-order valence-electron chi connectivity index (χ2n) is 8.55. The molecule has 0 bridgehead atoms. The van der Waals surface area contributed by atoms with Gasteiger partial charge in [-0.05, 0) is 60.7 Å². The highest BCUT2D eigenvalue weighted by molar-refractivity contribution is 6.33. The van der Waals surface area contributed by atoms with Gasteiger partial charge >= 0.3 is 0 Å². The molecule has 0 unspecified atom stereocenters. The number of aromatic nitrogens is 4. The van der Waals surface area contributed by atoms with Crippen molar-refractivity contribution in [2.45, 2.75) is 0 Å². The zero-order valence-corrected chi connectivity index (χ0v) is 20.7. The van der Waals surface area contributed by atoms with E-state index in [0.29, 0.717) is 27.0 Å². The SMILES string of the molecule is Fc1ccc(N2CCN(c3ncnc4c3nc(-c3ccccc3Cl)n4-c3ccc(Cl)cc3)CC2)cc1. The summed E-state index contributed by atoms with van der Waals surface area (Å²) >= 11 is 12.8. The molecular weight excluding hydrogens is 498 g/mol. The number of hydrogen-bond acceptors (Lipinski definition) is 5. The molecule has 1 saturated heterocycles. The highest BCUT2D eigenvalue weighted by atomic mass is 35.5. The van der Waals surface area contributed by atoms with E-state index in [1.807, 2.05) is 65.2 Å². The van der Waals surface area contributed by atoms with Crippen LogP contribution >= 0.6 is 23.2 Å². The third kappa shape index (κ3) is 4.14. The Morgan fingerprint density at radius 2 is 1.39 bits per heavy atom. The molecule has 1 fully saturated rings. The summed E-state index contributed by atoms with van der Waals surface area (Å²) in [7, 11) is 0. The lowest BCUT2D eigenvalue weighted by Gasteiger charge is -2.36. The number of piperazine rings is 1. The largest absolute Gasteiger partial charge is 0.368 e. The zero-order valence-electron chi connectivity index (χ0n) is 19.2. The smallest absolute Gasteiger partial charge is 0.170 e.